The molecule has 0 aromatic carbocycles. The minimum atomic E-state index is -0.0714. The number of H-pyrrole nitrogens is 1. The van der Waals surface area contributed by atoms with Gasteiger partial charge in [-0.3, -0.25) is 0 Å². The lowest BCUT2D eigenvalue weighted by Gasteiger charge is -2.32. The minimum absolute atomic E-state index is 0.0714. The van der Waals surface area contributed by atoms with Crippen LogP contribution in [0.15, 0.2) is 18.7 Å². The van der Waals surface area contributed by atoms with Gasteiger partial charge in [0.15, 0.2) is 0 Å². The zero-order chi connectivity index (χ0) is 13.2. The molecule has 1 fully saturated rings. The molecular weight excluding hydrogens is 244 g/mol. The predicted molar refractivity (Wildman–Crippen MR) is 72.0 cm³/mol. The molecular formula is C12H16N6O. The van der Waals surface area contributed by atoms with E-state index in [2.05, 4.69) is 32.2 Å². The van der Waals surface area contributed by atoms with E-state index >= 15 is 0 Å². The van der Waals surface area contributed by atoms with Crippen molar-refractivity contribution in [3.05, 3.63) is 18.7 Å². The number of nitrogens with zero attached hydrogens (tertiary/aromatic N) is 4. The molecule has 100 valence electrons. The molecule has 0 bridgehead atoms. The largest absolute Gasteiger partial charge is 0.344 e. The Balaban J connectivity index is 1.72. The number of rotatable bonds is 1. The van der Waals surface area contributed by atoms with Crippen molar-refractivity contribution in [1.29, 1.82) is 0 Å². The van der Waals surface area contributed by atoms with Crippen LogP contribution in [-0.4, -0.2) is 64.0 Å². The highest BCUT2D eigenvalue weighted by Gasteiger charge is 2.19. The second kappa shape index (κ2) is 4.85. The minimum Gasteiger partial charge on any atom is -0.344 e. The van der Waals surface area contributed by atoms with Crippen molar-refractivity contribution in [3.8, 4) is 0 Å². The third-order valence-corrected chi connectivity index (χ3v) is 3.39. The lowest BCUT2D eigenvalue weighted by atomic mass is 10.3. The van der Waals surface area contributed by atoms with Gasteiger partial charge < -0.3 is 20.1 Å². The number of urea groups is 1. The Labute approximate surface area is 110 Å². The second-order valence-corrected chi connectivity index (χ2v) is 4.71. The zero-order valence-corrected chi connectivity index (χ0v) is 10.8. The van der Waals surface area contributed by atoms with E-state index in [4.69, 9.17) is 0 Å². The number of nitrogens with one attached hydrogen (secondary N) is 2. The maximum atomic E-state index is 12.2. The summed E-state index contributed by atoms with van der Waals surface area (Å²) in [6, 6.07) is -0.0714. The molecule has 0 unspecified atom stereocenters. The molecule has 1 aliphatic rings. The highest BCUT2D eigenvalue weighted by Crippen LogP contribution is 2.20. The van der Waals surface area contributed by atoms with E-state index in [9.17, 15) is 4.79 Å². The number of carbonyl (C=O) groups is 1. The molecule has 7 nitrogen and oxygen atoms in total. The first kappa shape index (κ1) is 11.9. The van der Waals surface area contributed by atoms with Gasteiger partial charge in [0, 0.05) is 38.6 Å². The summed E-state index contributed by atoms with van der Waals surface area (Å²) in [4.78, 5) is 27.3. The fourth-order valence-electron chi connectivity index (χ4n) is 2.17. The third-order valence-electron chi connectivity index (χ3n) is 3.39. The molecule has 2 amide bonds. The summed E-state index contributed by atoms with van der Waals surface area (Å²) >= 11 is 0. The van der Waals surface area contributed by atoms with Crippen molar-refractivity contribution in [2.75, 3.05) is 38.5 Å². The first-order valence-electron chi connectivity index (χ1n) is 6.25. The lowest BCUT2D eigenvalue weighted by molar-refractivity contribution is 0.164. The maximum absolute atomic E-state index is 12.2. The Kier molecular flexibility index (Phi) is 3.04. The third kappa shape index (κ3) is 2.37. The van der Waals surface area contributed by atoms with Crippen molar-refractivity contribution in [1.82, 2.24) is 24.8 Å². The van der Waals surface area contributed by atoms with Crippen molar-refractivity contribution >= 4 is 22.8 Å². The van der Waals surface area contributed by atoms with Crippen molar-refractivity contribution in [2.45, 2.75) is 0 Å². The van der Waals surface area contributed by atoms with Gasteiger partial charge in [-0.25, -0.2) is 14.8 Å². The van der Waals surface area contributed by atoms with Crippen LogP contribution in [-0.2, 0) is 0 Å². The van der Waals surface area contributed by atoms with Crippen molar-refractivity contribution in [2.24, 2.45) is 0 Å². The molecule has 0 aliphatic carbocycles. The second-order valence-electron chi connectivity index (χ2n) is 4.71. The summed E-state index contributed by atoms with van der Waals surface area (Å²) in [5.74, 6) is 0. The average molecular weight is 260 g/mol. The molecule has 7 heteroatoms. The fraction of sp³-hybridized carbons (Fsp3) is 0.417. The molecule has 19 heavy (non-hydrogen) atoms. The van der Waals surface area contributed by atoms with E-state index in [0.717, 1.165) is 42.9 Å². The molecule has 0 atom stereocenters. The molecule has 2 aromatic heterocycles. The van der Waals surface area contributed by atoms with E-state index in [1.807, 2.05) is 4.90 Å². The summed E-state index contributed by atoms with van der Waals surface area (Å²) in [5, 5.41) is 3.73. The van der Waals surface area contributed by atoms with Gasteiger partial charge in [-0.1, -0.05) is 0 Å². The Morgan fingerprint density at radius 3 is 2.95 bits per heavy atom. The van der Waals surface area contributed by atoms with Crippen LogP contribution < -0.4 is 5.32 Å². The molecule has 2 N–H and O–H groups in total. The fourth-order valence-corrected chi connectivity index (χ4v) is 2.17. The molecule has 1 aliphatic heterocycles. The SMILES string of the molecule is CN1CCN(C(=O)Nc2c[nH]c3ncncc23)CC1. The average Bonchev–Trinajstić information content (AvgIpc) is 2.83. The number of hydrogen-bond acceptors (Lipinski definition) is 4. The van der Waals surface area contributed by atoms with Crippen LogP contribution in [0.4, 0.5) is 10.5 Å². The Morgan fingerprint density at radius 2 is 2.16 bits per heavy atom. The predicted octanol–water partition coefficient (Wildman–Crippen LogP) is 0.737. The van der Waals surface area contributed by atoms with Gasteiger partial charge >= 0.3 is 6.03 Å². The van der Waals surface area contributed by atoms with Crippen LogP contribution in [0.3, 0.4) is 0 Å². The molecule has 1 saturated heterocycles. The van der Waals surface area contributed by atoms with Crippen LogP contribution in [0, 0.1) is 0 Å². The highest BCUT2D eigenvalue weighted by atomic mass is 16.2. The molecule has 3 heterocycles. The van der Waals surface area contributed by atoms with E-state index in [0.29, 0.717) is 0 Å². The quantitative estimate of drug-likeness (QED) is 0.792. The van der Waals surface area contributed by atoms with Gasteiger partial charge in [-0.05, 0) is 7.05 Å². The molecule has 2 aromatic rings. The normalized spacial score (nSPS) is 16.8. The van der Waals surface area contributed by atoms with Gasteiger partial charge in [-0.15, -0.1) is 0 Å². The van der Waals surface area contributed by atoms with Crippen LogP contribution in [0.1, 0.15) is 0 Å². The van der Waals surface area contributed by atoms with Crippen LogP contribution in [0.5, 0.6) is 0 Å². The maximum Gasteiger partial charge on any atom is 0.321 e. The van der Waals surface area contributed by atoms with Crippen LogP contribution >= 0.6 is 0 Å². The summed E-state index contributed by atoms with van der Waals surface area (Å²) in [7, 11) is 2.06. The first-order chi connectivity index (χ1) is 9.24. The topological polar surface area (TPSA) is 77.1 Å². The summed E-state index contributed by atoms with van der Waals surface area (Å²) in [6.45, 7) is 3.32. The number of anilines is 1. The monoisotopic (exact) mass is 260 g/mol. The summed E-state index contributed by atoms with van der Waals surface area (Å²) in [5.41, 5.74) is 1.45. The van der Waals surface area contributed by atoms with Crippen LogP contribution in [0.25, 0.3) is 11.0 Å². The summed E-state index contributed by atoms with van der Waals surface area (Å²) < 4.78 is 0. The molecule has 3 rings (SSSR count). The standard InChI is InChI=1S/C12H16N6O/c1-17-2-4-18(5-3-17)12(19)16-10-7-14-11-9(10)6-13-8-15-11/h6-8H,2-5H2,1H3,(H,16,19)(H,13,14,15). The number of hydrogen-bond donors (Lipinski definition) is 2. The smallest absolute Gasteiger partial charge is 0.321 e. The number of aromatic amines is 1. The van der Waals surface area contributed by atoms with E-state index in [1.165, 1.54) is 6.33 Å². The number of aromatic nitrogens is 3. The van der Waals surface area contributed by atoms with Gasteiger partial charge in [0.2, 0.25) is 0 Å². The summed E-state index contributed by atoms with van der Waals surface area (Å²) in [6.07, 6.45) is 4.91. The van der Waals surface area contributed by atoms with E-state index in [-0.39, 0.29) is 6.03 Å². The number of amides is 2. The number of fused-ring (bicyclic) bond motifs is 1. The van der Waals surface area contributed by atoms with E-state index in [1.54, 1.807) is 12.4 Å². The first-order valence-corrected chi connectivity index (χ1v) is 6.25. The molecule has 0 radical (unpaired) electrons. The zero-order valence-electron chi connectivity index (χ0n) is 10.8. The lowest BCUT2D eigenvalue weighted by Crippen LogP contribution is -2.48. The molecule has 0 saturated carbocycles. The number of likely N-dealkylation sites (N-methyl/N-ethyl adjacent to an activating group) is 1. The Morgan fingerprint density at radius 1 is 1.37 bits per heavy atom. The molecule has 0 spiro atoms. The van der Waals surface area contributed by atoms with Crippen molar-refractivity contribution < 1.29 is 4.79 Å². The van der Waals surface area contributed by atoms with Crippen LogP contribution in [0.2, 0.25) is 0 Å². The van der Waals surface area contributed by atoms with Gasteiger partial charge in [0.1, 0.15) is 12.0 Å². The number of carbonyl (C=O) groups excluding carboxylic acids is 1. The van der Waals surface area contributed by atoms with Gasteiger partial charge in [-0.2, -0.15) is 0 Å². The van der Waals surface area contributed by atoms with Crippen molar-refractivity contribution in [3.63, 3.8) is 0 Å². The van der Waals surface area contributed by atoms with E-state index < -0.39 is 0 Å². The van der Waals surface area contributed by atoms with Gasteiger partial charge in [0.05, 0.1) is 11.1 Å². The van der Waals surface area contributed by atoms with Gasteiger partial charge in [0.25, 0.3) is 0 Å². The highest BCUT2D eigenvalue weighted by molar-refractivity contribution is 5.99. The Hall–Kier alpha value is -2.15. The Bertz CT molecular complexity index is 587. The number of piperazine rings is 1.